The zero-order chi connectivity index (χ0) is 16.3. The highest BCUT2D eigenvalue weighted by molar-refractivity contribution is 5.46. The van der Waals surface area contributed by atoms with Crippen molar-refractivity contribution in [3.05, 3.63) is 66.0 Å². The third kappa shape index (κ3) is 3.47. The van der Waals surface area contributed by atoms with Gasteiger partial charge in [-0.05, 0) is 40.8 Å². The molecule has 23 heavy (non-hydrogen) atoms. The van der Waals surface area contributed by atoms with E-state index in [2.05, 4.69) is 20.8 Å². The molecule has 0 saturated carbocycles. The van der Waals surface area contributed by atoms with E-state index in [0.717, 1.165) is 17.8 Å². The molecule has 0 bridgehead atoms. The summed E-state index contributed by atoms with van der Waals surface area (Å²) in [6.45, 7) is 0.198. The number of hydrogen-bond acceptors (Lipinski definition) is 4. The molecule has 0 aliphatic rings. The molecule has 0 amide bonds. The summed E-state index contributed by atoms with van der Waals surface area (Å²) < 4.78 is 39.6. The summed E-state index contributed by atoms with van der Waals surface area (Å²) in [5.74, 6) is 0.494. The third-order valence-corrected chi connectivity index (χ3v) is 3.18. The number of benzene rings is 2. The van der Waals surface area contributed by atoms with Gasteiger partial charge in [0, 0.05) is 5.69 Å². The van der Waals surface area contributed by atoms with Crippen LogP contribution in [0.1, 0.15) is 11.4 Å². The SMILES string of the molecule is FC(F)(F)c1cccc(NCc2nnnn2-c2ccccc2)c1. The van der Waals surface area contributed by atoms with Gasteiger partial charge in [0.25, 0.3) is 0 Å². The molecule has 8 heteroatoms. The number of nitrogens with one attached hydrogen (secondary N) is 1. The Bertz CT molecular complexity index is 783. The maximum atomic E-state index is 12.7. The lowest BCUT2D eigenvalue weighted by atomic mass is 10.2. The van der Waals surface area contributed by atoms with Crippen molar-refractivity contribution in [3.63, 3.8) is 0 Å². The van der Waals surface area contributed by atoms with Crippen molar-refractivity contribution in [3.8, 4) is 5.69 Å². The first-order chi connectivity index (χ1) is 11.0. The molecule has 1 aromatic heterocycles. The van der Waals surface area contributed by atoms with Crippen LogP contribution in [0.3, 0.4) is 0 Å². The lowest BCUT2D eigenvalue weighted by Gasteiger charge is -2.10. The minimum atomic E-state index is -4.37. The minimum Gasteiger partial charge on any atom is -0.378 e. The van der Waals surface area contributed by atoms with E-state index in [1.165, 1.54) is 10.7 Å². The number of alkyl halides is 3. The van der Waals surface area contributed by atoms with Crippen LogP contribution in [0.5, 0.6) is 0 Å². The molecule has 0 saturated heterocycles. The predicted molar refractivity (Wildman–Crippen MR) is 77.9 cm³/mol. The average Bonchev–Trinajstić information content (AvgIpc) is 3.02. The molecular formula is C15H12F3N5. The third-order valence-electron chi connectivity index (χ3n) is 3.18. The Morgan fingerprint density at radius 2 is 1.78 bits per heavy atom. The van der Waals surface area contributed by atoms with E-state index in [1.54, 1.807) is 6.07 Å². The van der Waals surface area contributed by atoms with Gasteiger partial charge in [-0.2, -0.15) is 17.9 Å². The Balaban J connectivity index is 1.77. The van der Waals surface area contributed by atoms with E-state index in [0.29, 0.717) is 11.5 Å². The summed E-state index contributed by atoms with van der Waals surface area (Å²) >= 11 is 0. The summed E-state index contributed by atoms with van der Waals surface area (Å²) in [7, 11) is 0. The molecule has 1 heterocycles. The molecule has 3 rings (SSSR count). The highest BCUT2D eigenvalue weighted by Gasteiger charge is 2.30. The number of tetrazole rings is 1. The standard InChI is InChI=1S/C15H12F3N5/c16-15(17,18)11-5-4-6-12(9-11)19-10-14-20-21-22-23(14)13-7-2-1-3-8-13/h1-9,19H,10H2. The van der Waals surface area contributed by atoms with Crippen molar-refractivity contribution < 1.29 is 13.2 Å². The minimum absolute atomic E-state index is 0.198. The largest absolute Gasteiger partial charge is 0.416 e. The lowest BCUT2D eigenvalue weighted by Crippen LogP contribution is -2.10. The Kier molecular flexibility index (Phi) is 3.96. The van der Waals surface area contributed by atoms with Crippen molar-refractivity contribution in [2.75, 3.05) is 5.32 Å². The van der Waals surface area contributed by atoms with E-state index in [4.69, 9.17) is 0 Å². The van der Waals surface area contributed by atoms with Crippen molar-refractivity contribution >= 4 is 5.69 Å². The van der Waals surface area contributed by atoms with Crippen LogP contribution in [0.2, 0.25) is 0 Å². The number of hydrogen-bond donors (Lipinski definition) is 1. The number of aromatic nitrogens is 4. The van der Waals surface area contributed by atoms with Gasteiger partial charge in [-0.1, -0.05) is 24.3 Å². The zero-order valence-corrected chi connectivity index (χ0v) is 11.8. The fourth-order valence-electron chi connectivity index (χ4n) is 2.07. The van der Waals surface area contributed by atoms with Gasteiger partial charge in [0.15, 0.2) is 5.82 Å². The summed E-state index contributed by atoms with van der Waals surface area (Å²) in [6.07, 6.45) is -4.37. The Hall–Kier alpha value is -2.90. The quantitative estimate of drug-likeness (QED) is 0.802. The fraction of sp³-hybridized carbons (Fsp3) is 0.133. The molecule has 0 unspecified atom stereocenters. The van der Waals surface area contributed by atoms with Crippen LogP contribution in [0.15, 0.2) is 54.6 Å². The van der Waals surface area contributed by atoms with Crippen LogP contribution >= 0.6 is 0 Å². The number of halogens is 3. The molecule has 0 spiro atoms. The van der Waals surface area contributed by atoms with E-state index < -0.39 is 11.7 Å². The molecule has 1 N–H and O–H groups in total. The van der Waals surface area contributed by atoms with Gasteiger partial charge in [-0.25, -0.2) is 0 Å². The molecule has 118 valence electrons. The van der Waals surface area contributed by atoms with E-state index in [9.17, 15) is 13.2 Å². The van der Waals surface area contributed by atoms with Gasteiger partial charge in [0.05, 0.1) is 17.8 Å². The van der Waals surface area contributed by atoms with E-state index >= 15 is 0 Å². The smallest absolute Gasteiger partial charge is 0.378 e. The molecular weight excluding hydrogens is 307 g/mol. The summed E-state index contributed by atoms with van der Waals surface area (Å²) in [5, 5.41) is 14.3. The first-order valence-corrected chi connectivity index (χ1v) is 6.78. The first-order valence-electron chi connectivity index (χ1n) is 6.78. The summed E-state index contributed by atoms with van der Waals surface area (Å²) in [6, 6.07) is 14.2. The van der Waals surface area contributed by atoms with Crippen molar-refractivity contribution in [1.29, 1.82) is 0 Å². The van der Waals surface area contributed by atoms with Crippen molar-refractivity contribution in [2.24, 2.45) is 0 Å². The number of para-hydroxylation sites is 1. The second kappa shape index (κ2) is 6.07. The molecule has 0 radical (unpaired) electrons. The van der Waals surface area contributed by atoms with Gasteiger partial charge >= 0.3 is 6.18 Å². The Morgan fingerprint density at radius 1 is 1.00 bits per heavy atom. The number of rotatable bonds is 4. The van der Waals surface area contributed by atoms with Gasteiger partial charge in [-0.15, -0.1) is 5.10 Å². The predicted octanol–water partition coefficient (Wildman–Crippen LogP) is 3.29. The van der Waals surface area contributed by atoms with E-state index in [1.807, 2.05) is 30.3 Å². The van der Waals surface area contributed by atoms with Crippen LogP contribution in [0, 0.1) is 0 Å². The number of anilines is 1. The highest BCUT2D eigenvalue weighted by atomic mass is 19.4. The number of nitrogens with zero attached hydrogens (tertiary/aromatic N) is 4. The topological polar surface area (TPSA) is 55.6 Å². The molecule has 0 aliphatic carbocycles. The fourth-order valence-corrected chi connectivity index (χ4v) is 2.07. The first kappa shape index (κ1) is 15.0. The maximum absolute atomic E-state index is 12.7. The van der Waals surface area contributed by atoms with Crippen LogP contribution in [0.4, 0.5) is 18.9 Å². The summed E-state index contributed by atoms with van der Waals surface area (Å²) in [4.78, 5) is 0. The lowest BCUT2D eigenvalue weighted by molar-refractivity contribution is -0.137. The highest BCUT2D eigenvalue weighted by Crippen LogP contribution is 2.30. The molecule has 2 aromatic carbocycles. The molecule has 0 atom stereocenters. The van der Waals surface area contributed by atoms with Gasteiger partial charge in [0.2, 0.25) is 0 Å². The second-order valence-electron chi connectivity index (χ2n) is 4.77. The maximum Gasteiger partial charge on any atom is 0.416 e. The van der Waals surface area contributed by atoms with Crippen molar-refractivity contribution in [1.82, 2.24) is 20.2 Å². The summed E-state index contributed by atoms with van der Waals surface area (Å²) in [5.41, 5.74) is 0.422. The molecule has 3 aromatic rings. The van der Waals surface area contributed by atoms with Crippen LogP contribution < -0.4 is 5.32 Å². The van der Waals surface area contributed by atoms with Crippen LogP contribution in [-0.4, -0.2) is 20.2 Å². The Morgan fingerprint density at radius 3 is 2.52 bits per heavy atom. The molecule has 0 aliphatic heterocycles. The monoisotopic (exact) mass is 319 g/mol. The zero-order valence-electron chi connectivity index (χ0n) is 11.8. The van der Waals surface area contributed by atoms with Crippen molar-refractivity contribution in [2.45, 2.75) is 12.7 Å². The van der Waals surface area contributed by atoms with Gasteiger partial charge in [-0.3, -0.25) is 0 Å². The van der Waals surface area contributed by atoms with E-state index in [-0.39, 0.29) is 6.54 Å². The second-order valence-corrected chi connectivity index (χ2v) is 4.77. The van der Waals surface area contributed by atoms with Crippen LogP contribution in [0.25, 0.3) is 5.69 Å². The molecule has 0 fully saturated rings. The van der Waals surface area contributed by atoms with Crippen LogP contribution in [-0.2, 0) is 12.7 Å². The Labute approximate surface area is 129 Å². The normalized spacial score (nSPS) is 11.4. The van der Waals surface area contributed by atoms with Gasteiger partial charge < -0.3 is 5.32 Å². The average molecular weight is 319 g/mol. The molecule has 5 nitrogen and oxygen atoms in total. The van der Waals surface area contributed by atoms with Gasteiger partial charge in [0.1, 0.15) is 0 Å².